The van der Waals surface area contributed by atoms with Crippen LogP contribution in [0.1, 0.15) is 50.2 Å². The lowest BCUT2D eigenvalue weighted by atomic mass is 9.45. The molecule has 0 amide bonds. The standard InChI is InChI=1S/C23H26N2O2/c1-22-6-2-3-7-23(22)8-9-24-19(22)11-14-16(23)12-18(27)21-20(14)15-10-13(26)4-5-17(15)25-21/h4-5,10,12,19,24-27H,2-3,6-9,11H2,1H3/t19-,22+,23+/m0/s1. The van der Waals surface area contributed by atoms with Gasteiger partial charge in [0.15, 0.2) is 0 Å². The highest BCUT2D eigenvalue weighted by molar-refractivity contribution is 6.12. The first-order valence-corrected chi connectivity index (χ1v) is 10.3. The van der Waals surface area contributed by atoms with Crippen molar-refractivity contribution in [3.05, 3.63) is 35.4 Å². The number of piperidine rings is 1. The molecule has 0 unspecified atom stereocenters. The van der Waals surface area contributed by atoms with Crippen LogP contribution in [0, 0.1) is 5.41 Å². The van der Waals surface area contributed by atoms with E-state index in [0.717, 1.165) is 41.2 Å². The zero-order valence-electron chi connectivity index (χ0n) is 15.7. The number of aromatic hydroxyl groups is 2. The van der Waals surface area contributed by atoms with Crippen LogP contribution in [-0.4, -0.2) is 27.8 Å². The summed E-state index contributed by atoms with van der Waals surface area (Å²) in [4.78, 5) is 3.39. The molecular weight excluding hydrogens is 336 g/mol. The number of aromatic nitrogens is 1. The lowest BCUT2D eigenvalue weighted by Crippen LogP contribution is -2.65. The number of H-pyrrole nitrogens is 1. The average Bonchev–Trinajstić information content (AvgIpc) is 3.02. The Morgan fingerprint density at radius 3 is 2.81 bits per heavy atom. The second-order valence-electron chi connectivity index (χ2n) is 9.19. The Kier molecular flexibility index (Phi) is 2.92. The van der Waals surface area contributed by atoms with Crippen LogP contribution in [-0.2, 0) is 11.8 Å². The average molecular weight is 362 g/mol. The molecule has 4 N–H and O–H groups in total. The Morgan fingerprint density at radius 1 is 1.07 bits per heavy atom. The van der Waals surface area contributed by atoms with E-state index in [4.69, 9.17) is 0 Å². The summed E-state index contributed by atoms with van der Waals surface area (Å²) >= 11 is 0. The Labute approximate surface area is 158 Å². The SMILES string of the molecule is C[C@]12CCCC[C@]13CCN[C@H]2Cc1c3cc(O)c2[nH]c3ccc(O)cc3c12. The summed E-state index contributed by atoms with van der Waals surface area (Å²) in [5, 5.41) is 27.0. The number of hydrogen-bond acceptors (Lipinski definition) is 3. The maximum absolute atomic E-state index is 11.0. The number of nitrogens with one attached hydrogen (secondary N) is 2. The first-order chi connectivity index (χ1) is 13.0. The van der Waals surface area contributed by atoms with E-state index in [9.17, 15) is 10.2 Å². The van der Waals surface area contributed by atoms with E-state index in [2.05, 4.69) is 23.3 Å². The van der Waals surface area contributed by atoms with Crippen molar-refractivity contribution in [1.29, 1.82) is 0 Å². The third kappa shape index (κ3) is 1.78. The number of rotatable bonds is 0. The van der Waals surface area contributed by atoms with E-state index in [0.29, 0.717) is 11.8 Å². The molecule has 27 heavy (non-hydrogen) atoms. The summed E-state index contributed by atoms with van der Waals surface area (Å²) in [7, 11) is 0. The first kappa shape index (κ1) is 15.8. The van der Waals surface area contributed by atoms with Gasteiger partial charge in [0.05, 0.1) is 5.52 Å². The second kappa shape index (κ2) is 4.99. The first-order valence-electron chi connectivity index (χ1n) is 10.3. The summed E-state index contributed by atoms with van der Waals surface area (Å²) in [6.07, 6.45) is 7.19. The minimum atomic E-state index is 0.154. The summed E-state index contributed by atoms with van der Waals surface area (Å²) in [6.45, 7) is 3.54. The summed E-state index contributed by atoms with van der Waals surface area (Å²) in [6, 6.07) is 7.99. The van der Waals surface area contributed by atoms with Crippen molar-refractivity contribution in [3.63, 3.8) is 0 Å². The van der Waals surface area contributed by atoms with Crippen LogP contribution in [0.3, 0.4) is 0 Å². The van der Waals surface area contributed by atoms with Gasteiger partial charge in [-0.05, 0) is 73.0 Å². The van der Waals surface area contributed by atoms with Crippen molar-refractivity contribution in [2.24, 2.45) is 5.41 Å². The van der Waals surface area contributed by atoms with Crippen molar-refractivity contribution >= 4 is 21.8 Å². The van der Waals surface area contributed by atoms with Crippen molar-refractivity contribution in [3.8, 4) is 11.5 Å². The molecule has 2 heterocycles. The normalized spacial score (nSPS) is 32.4. The number of benzene rings is 2. The van der Waals surface area contributed by atoms with Crippen molar-refractivity contribution in [2.75, 3.05) is 6.54 Å². The smallest absolute Gasteiger partial charge is 0.139 e. The van der Waals surface area contributed by atoms with E-state index in [-0.39, 0.29) is 16.6 Å². The molecule has 1 aromatic heterocycles. The molecule has 0 radical (unpaired) electrons. The van der Waals surface area contributed by atoms with Crippen molar-refractivity contribution in [2.45, 2.75) is 56.9 Å². The van der Waals surface area contributed by atoms with Crippen LogP contribution < -0.4 is 5.32 Å². The molecule has 1 saturated heterocycles. The van der Waals surface area contributed by atoms with Gasteiger partial charge in [0.25, 0.3) is 0 Å². The van der Waals surface area contributed by atoms with Crippen LogP contribution in [0.15, 0.2) is 24.3 Å². The van der Waals surface area contributed by atoms with Crippen molar-refractivity contribution in [1.82, 2.24) is 10.3 Å². The summed E-state index contributed by atoms with van der Waals surface area (Å²) in [5.74, 6) is 0.619. The second-order valence-corrected chi connectivity index (χ2v) is 9.19. The maximum Gasteiger partial charge on any atom is 0.139 e. The van der Waals surface area contributed by atoms with E-state index < -0.39 is 0 Å². The molecule has 2 fully saturated rings. The van der Waals surface area contributed by atoms with Gasteiger partial charge in [-0.3, -0.25) is 0 Å². The van der Waals surface area contributed by atoms with Crippen LogP contribution >= 0.6 is 0 Å². The molecule has 1 saturated carbocycles. The molecule has 3 atom stereocenters. The quantitative estimate of drug-likeness (QED) is 0.477. The lowest BCUT2D eigenvalue weighted by molar-refractivity contribution is -0.0137. The molecule has 3 aromatic rings. The van der Waals surface area contributed by atoms with Gasteiger partial charge >= 0.3 is 0 Å². The number of aromatic amines is 1. The van der Waals surface area contributed by atoms with Gasteiger partial charge in [-0.2, -0.15) is 0 Å². The monoisotopic (exact) mass is 362 g/mol. The van der Waals surface area contributed by atoms with Crippen LogP contribution in [0.25, 0.3) is 21.8 Å². The van der Waals surface area contributed by atoms with Gasteiger partial charge in [-0.15, -0.1) is 0 Å². The van der Waals surface area contributed by atoms with Gasteiger partial charge in [0.2, 0.25) is 0 Å². The molecule has 140 valence electrons. The largest absolute Gasteiger partial charge is 0.508 e. The molecule has 4 heteroatoms. The Hall–Kier alpha value is -2.20. The zero-order valence-corrected chi connectivity index (χ0v) is 15.7. The molecule has 1 aliphatic heterocycles. The molecule has 3 aliphatic rings. The number of phenols is 2. The molecule has 4 nitrogen and oxygen atoms in total. The molecule has 2 aliphatic carbocycles. The van der Waals surface area contributed by atoms with E-state index in [1.165, 1.54) is 36.8 Å². The van der Waals surface area contributed by atoms with Crippen LogP contribution in [0.4, 0.5) is 0 Å². The topological polar surface area (TPSA) is 68.3 Å². The van der Waals surface area contributed by atoms with Gasteiger partial charge in [0, 0.05) is 27.7 Å². The highest BCUT2D eigenvalue weighted by atomic mass is 16.3. The fourth-order valence-corrected chi connectivity index (χ4v) is 6.88. The van der Waals surface area contributed by atoms with Crippen LogP contribution in [0.2, 0.25) is 0 Å². The third-order valence-electron chi connectivity index (χ3n) is 8.22. The lowest BCUT2D eigenvalue weighted by Gasteiger charge is -2.63. The van der Waals surface area contributed by atoms with Gasteiger partial charge < -0.3 is 20.5 Å². The number of hydrogen-bond donors (Lipinski definition) is 4. The Morgan fingerprint density at radius 2 is 1.93 bits per heavy atom. The van der Waals surface area contributed by atoms with Crippen LogP contribution in [0.5, 0.6) is 11.5 Å². The summed E-state index contributed by atoms with van der Waals surface area (Å²) in [5.41, 5.74) is 4.93. The van der Waals surface area contributed by atoms with E-state index in [1.54, 1.807) is 6.07 Å². The Bertz CT molecular complexity index is 1100. The summed E-state index contributed by atoms with van der Waals surface area (Å²) < 4.78 is 0. The van der Waals surface area contributed by atoms with Gasteiger partial charge in [0.1, 0.15) is 11.5 Å². The predicted molar refractivity (Wildman–Crippen MR) is 107 cm³/mol. The highest BCUT2D eigenvalue weighted by Gasteiger charge is 2.59. The van der Waals surface area contributed by atoms with Gasteiger partial charge in [-0.25, -0.2) is 0 Å². The zero-order chi connectivity index (χ0) is 18.4. The number of fused-ring (bicyclic) bond motifs is 5. The molecule has 2 aromatic carbocycles. The minimum Gasteiger partial charge on any atom is -0.508 e. The number of phenolic OH excluding ortho intramolecular Hbond substituents is 2. The maximum atomic E-state index is 11.0. The fraction of sp³-hybridized carbons (Fsp3) is 0.478. The molecule has 0 spiro atoms. The highest BCUT2D eigenvalue weighted by Crippen LogP contribution is 2.62. The molecule has 6 rings (SSSR count). The molecular formula is C23H26N2O2. The van der Waals surface area contributed by atoms with Gasteiger partial charge in [-0.1, -0.05) is 19.8 Å². The third-order valence-corrected chi connectivity index (χ3v) is 8.22. The minimum absolute atomic E-state index is 0.154. The molecule has 2 bridgehead atoms. The van der Waals surface area contributed by atoms with Crippen molar-refractivity contribution < 1.29 is 10.2 Å². The predicted octanol–water partition coefficient (Wildman–Crippen LogP) is 4.47. The van der Waals surface area contributed by atoms with E-state index in [1.807, 2.05) is 12.1 Å². The Balaban J connectivity index is 1.75. The fourth-order valence-electron chi connectivity index (χ4n) is 6.88. The van der Waals surface area contributed by atoms with E-state index >= 15 is 0 Å².